The van der Waals surface area contributed by atoms with Gasteiger partial charge in [-0.1, -0.05) is 43.0 Å². The number of ether oxygens (including phenoxy) is 2. The second kappa shape index (κ2) is 8.12. The number of nitrogens with zero attached hydrogens (tertiary/aromatic N) is 2. The predicted octanol–water partition coefficient (Wildman–Crippen LogP) is 2.20. The van der Waals surface area contributed by atoms with Crippen LogP contribution in [0.1, 0.15) is 10.4 Å². The molecule has 0 aliphatic carbocycles. The lowest BCUT2D eigenvalue weighted by molar-refractivity contribution is -0.138. The molecule has 7 heteroatoms. The van der Waals surface area contributed by atoms with E-state index in [2.05, 4.69) is 16.3 Å². The van der Waals surface area contributed by atoms with Crippen LogP contribution in [0.3, 0.4) is 0 Å². The Morgan fingerprint density at radius 2 is 1.95 bits per heavy atom. The first-order valence-corrected chi connectivity index (χ1v) is 5.87. The predicted molar refractivity (Wildman–Crippen MR) is 72.6 cm³/mol. The average Bonchev–Trinajstić information content (AvgIpc) is 2.52. The Balaban J connectivity index is 2.69. The van der Waals surface area contributed by atoms with Gasteiger partial charge in [0.05, 0.1) is 0 Å². The summed E-state index contributed by atoms with van der Waals surface area (Å²) in [6.45, 7) is 2.68. The van der Waals surface area contributed by atoms with Crippen molar-refractivity contribution in [3.63, 3.8) is 0 Å². The Labute approximate surface area is 120 Å². The van der Waals surface area contributed by atoms with Crippen molar-refractivity contribution in [3.05, 3.63) is 65.2 Å². The van der Waals surface area contributed by atoms with Crippen molar-refractivity contribution in [2.45, 2.75) is 0 Å². The Bertz CT molecular complexity index is 602. The highest BCUT2D eigenvalue weighted by molar-refractivity contribution is 5.97. The van der Waals surface area contributed by atoms with Crippen LogP contribution in [0.2, 0.25) is 0 Å². The molecule has 0 heterocycles. The van der Waals surface area contributed by atoms with Crippen molar-refractivity contribution < 1.29 is 24.2 Å². The first-order valence-electron chi connectivity index (χ1n) is 5.87. The highest BCUT2D eigenvalue weighted by Crippen LogP contribution is 2.09. The van der Waals surface area contributed by atoms with E-state index in [1.807, 2.05) is 0 Å². The van der Waals surface area contributed by atoms with Gasteiger partial charge < -0.3 is 14.6 Å². The van der Waals surface area contributed by atoms with Crippen LogP contribution in [-0.4, -0.2) is 30.1 Å². The summed E-state index contributed by atoms with van der Waals surface area (Å²) < 4.78 is 9.28. The number of carbonyl (C=O) groups excluding carboxylic acids is 2. The third kappa shape index (κ3) is 4.80. The fourth-order valence-corrected chi connectivity index (χ4v) is 1.28. The van der Waals surface area contributed by atoms with E-state index in [0.29, 0.717) is 5.56 Å². The molecule has 0 spiro atoms. The molecular weight excluding hydrogens is 276 g/mol. The minimum Gasteiger partial charge on any atom is -0.475 e. The zero-order valence-electron chi connectivity index (χ0n) is 11.1. The van der Waals surface area contributed by atoms with Crippen LogP contribution in [0.15, 0.2) is 54.6 Å². The van der Waals surface area contributed by atoms with E-state index in [1.54, 1.807) is 30.3 Å². The number of esters is 1. The minimum absolute atomic E-state index is 0.131. The maximum Gasteiger partial charge on any atom is 0.547 e. The fraction of sp³-hybridized carbons (Fsp3) is 0.143. The van der Waals surface area contributed by atoms with Gasteiger partial charge in [-0.3, -0.25) is 4.79 Å². The Morgan fingerprint density at radius 3 is 2.52 bits per heavy atom. The number of rotatable bonds is 7. The molecule has 21 heavy (non-hydrogen) atoms. The van der Waals surface area contributed by atoms with Gasteiger partial charge in [0, 0.05) is 5.56 Å². The maximum absolute atomic E-state index is 11.7. The molecule has 1 aromatic rings. The van der Waals surface area contributed by atoms with Gasteiger partial charge in [-0.2, -0.15) is 0 Å². The second-order valence-corrected chi connectivity index (χ2v) is 3.72. The van der Waals surface area contributed by atoms with Crippen molar-refractivity contribution in [1.29, 1.82) is 5.39 Å². The van der Waals surface area contributed by atoms with E-state index in [0.717, 1.165) is 0 Å². The van der Waals surface area contributed by atoms with Crippen LogP contribution in [0.4, 0.5) is 0 Å². The summed E-state index contributed by atoms with van der Waals surface area (Å²) in [6.07, 6.45) is 1.30. The van der Waals surface area contributed by atoms with Crippen LogP contribution in [-0.2, 0) is 14.3 Å². The normalized spacial score (nSPS) is 10.8. The molecule has 7 nitrogen and oxygen atoms in total. The van der Waals surface area contributed by atoms with Crippen LogP contribution < -0.4 is 0 Å². The van der Waals surface area contributed by atoms with Gasteiger partial charge >= 0.3 is 17.6 Å². The first-order chi connectivity index (χ1) is 10.1. The summed E-state index contributed by atoms with van der Waals surface area (Å²) >= 11 is 0. The molecule has 1 aromatic carbocycles. The standard InChI is InChI=1S/C14H12N2O5/c1-2-8-20-13(18)12(16-15)14(19)21-9-11(17)10-6-4-3-5-7-10/h2-7H,1,8-9H2/p+1. The van der Waals surface area contributed by atoms with Crippen LogP contribution in [0.25, 0.3) is 4.98 Å². The third-order valence-corrected chi connectivity index (χ3v) is 2.26. The summed E-state index contributed by atoms with van der Waals surface area (Å²) in [5.41, 5.74) is -0.459. The van der Waals surface area contributed by atoms with Gasteiger partial charge in [-0.15, -0.1) is 0 Å². The van der Waals surface area contributed by atoms with Crippen molar-refractivity contribution in [1.82, 2.24) is 0 Å². The monoisotopic (exact) mass is 289 g/mol. The number of benzene rings is 1. The summed E-state index contributed by atoms with van der Waals surface area (Å²) in [4.78, 5) is 25.7. The van der Waals surface area contributed by atoms with Crippen LogP contribution in [0.5, 0.6) is 0 Å². The SMILES string of the molecule is C=CCOC(=O)/C([N+]#N)=C(\O)OCC(=O)c1ccccc1. The molecule has 0 fully saturated rings. The van der Waals surface area contributed by atoms with E-state index in [4.69, 9.17) is 10.1 Å². The molecule has 0 amide bonds. The quantitative estimate of drug-likeness (QED) is 0.206. The molecule has 0 aliphatic heterocycles. The first kappa shape index (κ1) is 15.9. The van der Waals surface area contributed by atoms with Gasteiger partial charge in [0.25, 0.3) is 0 Å². The van der Waals surface area contributed by atoms with Crippen molar-refractivity contribution in [3.8, 4) is 0 Å². The molecule has 0 aromatic heterocycles. The number of ketones is 1. The van der Waals surface area contributed by atoms with Crippen molar-refractivity contribution in [2.75, 3.05) is 13.2 Å². The fourth-order valence-electron chi connectivity index (χ4n) is 1.28. The third-order valence-electron chi connectivity index (χ3n) is 2.26. The molecule has 0 aliphatic rings. The Hall–Kier alpha value is -3.14. The van der Waals surface area contributed by atoms with Gasteiger partial charge in [0.15, 0.2) is 17.4 Å². The van der Waals surface area contributed by atoms with Crippen molar-refractivity contribution in [2.24, 2.45) is 0 Å². The Kier molecular flexibility index (Phi) is 6.15. The van der Waals surface area contributed by atoms with E-state index >= 15 is 0 Å². The molecule has 1 N–H and O–H groups in total. The highest BCUT2D eigenvalue weighted by atomic mass is 16.6. The zero-order valence-corrected chi connectivity index (χ0v) is 11.1. The molecule has 0 unspecified atom stereocenters. The number of Topliss-reactive ketones (excluding diaryl/α,β-unsaturated/α-hetero) is 1. The average molecular weight is 289 g/mol. The summed E-state index contributed by atoms with van der Waals surface area (Å²) in [7, 11) is 0. The van der Waals surface area contributed by atoms with Gasteiger partial charge in [0.2, 0.25) is 5.39 Å². The number of aliphatic hydroxyl groups excluding tert-OH is 1. The molecule has 0 bridgehead atoms. The van der Waals surface area contributed by atoms with E-state index in [9.17, 15) is 14.7 Å². The minimum atomic E-state index is -1.11. The molecule has 0 saturated carbocycles. The topological polar surface area (TPSA) is 101 Å². The molecule has 0 saturated heterocycles. The van der Waals surface area contributed by atoms with E-state index in [1.165, 1.54) is 6.08 Å². The lowest BCUT2D eigenvalue weighted by atomic mass is 10.1. The number of diazo groups is 1. The summed E-state index contributed by atoms with van der Waals surface area (Å²) in [6, 6.07) is 8.23. The number of hydrogen-bond donors (Lipinski definition) is 1. The van der Waals surface area contributed by atoms with Gasteiger partial charge in [-0.25, -0.2) is 4.79 Å². The second-order valence-electron chi connectivity index (χ2n) is 3.72. The number of hydrogen-bond acceptors (Lipinski definition) is 6. The maximum atomic E-state index is 11.7. The molecule has 0 radical (unpaired) electrons. The van der Waals surface area contributed by atoms with Crippen molar-refractivity contribution >= 4 is 11.8 Å². The zero-order chi connectivity index (χ0) is 15.7. The largest absolute Gasteiger partial charge is 0.547 e. The van der Waals surface area contributed by atoms with Crippen LogP contribution in [0, 0.1) is 5.39 Å². The lowest BCUT2D eigenvalue weighted by Gasteiger charge is -2.02. The summed E-state index contributed by atoms with van der Waals surface area (Å²) in [5.74, 6) is -2.53. The number of carbonyl (C=O) groups is 2. The molecule has 108 valence electrons. The molecular formula is C14H13N2O5+. The summed E-state index contributed by atoms with van der Waals surface area (Å²) in [5, 5.41) is 18.2. The van der Waals surface area contributed by atoms with E-state index < -0.39 is 30.0 Å². The molecule has 1 rings (SSSR count). The Morgan fingerprint density at radius 1 is 1.29 bits per heavy atom. The van der Waals surface area contributed by atoms with E-state index in [-0.39, 0.29) is 6.61 Å². The highest BCUT2D eigenvalue weighted by Gasteiger charge is 2.33. The van der Waals surface area contributed by atoms with Gasteiger partial charge in [-0.05, 0) is 0 Å². The van der Waals surface area contributed by atoms with Crippen LogP contribution >= 0.6 is 0 Å². The lowest BCUT2D eigenvalue weighted by Crippen LogP contribution is -2.13. The van der Waals surface area contributed by atoms with Gasteiger partial charge in [0.1, 0.15) is 6.61 Å². The number of aliphatic hydroxyl groups is 1. The molecule has 0 atom stereocenters. The smallest absolute Gasteiger partial charge is 0.475 e.